The standard InChI is InChI=1S/C24H34N4O2/c1-18-14-23(30-19(18)2)17-27-10-7-22(8-11-27)28-12-5-21(6-13-28)24(29)26-16-20-4-3-9-25-15-20/h3-4,9,14-15,21-22H,5-8,10-13,16-17H2,1-2H3,(H,26,29). The second-order valence-electron chi connectivity index (χ2n) is 8.85. The fourth-order valence-electron chi connectivity index (χ4n) is 4.75. The largest absolute Gasteiger partial charge is 0.465 e. The third kappa shape index (κ3) is 5.29. The summed E-state index contributed by atoms with van der Waals surface area (Å²) in [6, 6.07) is 6.73. The first-order valence-corrected chi connectivity index (χ1v) is 11.3. The number of aromatic nitrogens is 1. The van der Waals surface area contributed by atoms with Crippen molar-refractivity contribution in [1.29, 1.82) is 0 Å². The van der Waals surface area contributed by atoms with Gasteiger partial charge in [-0.05, 0) is 75.9 Å². The number of carbonyl (C=O) groups is 1. The molecule has 162 valence electrons. The molecule has 0 radical (unpaired) electrons. The van der Waals surface area contributed by atoms with Crippen molar-refractivity contribution in [1.82, 2.24) is 20.1 Å². The molecule has 4 rings (SSSR count). The summed E-state index contributed by atoms with van der Waals surface area (Å²) < 4.78 is 5.85. The van der Waals surface area contributed by atoms with E-state index in [0.717, 1.165) is 62.6 Å². The molecule has 2 aliphatic heterocycles. The van der Waals surface area contributed by atoms with Crippen molar-refractivity contribution in [3.8, 4) is 0 Å². The van der Waals surface area contributed by atoms with Crippen LogP contribution in [0.2, 0.25) is 0 Å². The van der Waals surface area contributed by atoms with Gasteiger partial charge in [-0.15, -0.1) is 0 Å². The number of hydrogen-bond acceptors (Lipinski definition) is 5. The van der Waals surface area contributed by atoms with Crippen molar-refractivity contribution in [2.24, 2.45) is 5.92 Å². The minimum Gasteiger partial charge on any atom is -0.465 e. The number of pyridine rings is 1. The molecule has 2 fully saturated rings. The van der Waals surface area contributed by atoms with E-state index in [1.54, 1.807) is 6.20 Å². The second-order valence-corrected chi connectivity index (χ2v) is 8.85. The van der Waals surface area contributed by atoms with Crippen LogP contribution >= 0.6 is 0 Å². The Bertz CT molecular complexity index is 799. The number of likely N-dealkylation sites (tertiary alicyclic amines) is 2. The Morgan fingerprint density at radius 3 is 2.57 bits per heavy atom. The summed E-state index contributed by atoms with van der Waals surface area (Å²) >= 11 is 0. The number of piperidine rings is 2. The van der Waals surface area contributed by atoms with Crippen LogP contribution in [0.5, 0.6) is 0 Å². The van der Waals surface area contributed by atoms with Gasteiger partial charge in [-0.1, -0.05) is 6.07 Å². The number of rotatable bonds is 6. The average Bonchev–Trinajstić information content (AvgIpc) is 3.10. The lowest BCUT2D eigenvalue weighted by molar-refractivity contribution is -0.126. The Labute approximate surface area is 179 Å². The summed E-state index contributed by atoms with van der Waals surface area (Å²) in [6.07, 6.45) is 7.90. The quantitative estimate of drug-likeness (QED) is 0.792. The zero-order chi connectivity index (χ0) is 20.9. The number of amides is 1. The molecule has 0 bridgehead atoms. The van der Waals surface area contributed by atoms with Gasteiger partial charge in [0.2, 0.25) is 5.91 Å². The van der Waals surface area contributed by atoms with Crippen LogP contribution in [0.25, 0.3) is 0 Å². The van der Waals surface area contributed by atoms with Gasteiger partial charge in [-0.25, -0.2) is 0 Å². The number of aryl methyl sites for hydroxylation is 2. The van der Waals surface area contributed by atoms with Gasteiger partial charge < -0.3 is 14.6 Å². The molecule has 0 aromatic carbocycles. The number of hydrogen-bond donors (Lipinski definition) is 1. The summed E-state index contributed by atoms with van der Waals surface area (Å²) in [6.45, 7) is 9.94. The molecule has 30 heavy (non-hydrogen) atoms. The molecule has 2 aromatic rings. The lowest BCUT2D eigenvalue weighted by Crippen LogP contribution is -2.49. The summed E-state index contributed by atoms with van der Waals surface area (Å²) in [4.78, 5) is 21.8. The Morgan fingerprint density at radius 1 is 1.17 bits per heavy atom. The highest BCUT2D eigenvalue weighted by molar-refractivity contribution is 5.78. The van der Waals surface area contributed by atoms with Crippen molar-refractivity contribution in [2.45, 2.75) is 58.7 Å². The maximum absolute atomic E-state index is 12.5. The van der Waals surface area contributed by atoms with Crippen molar-refractivity contribution < 1.29 is 9.21 Å². The molecule has 6 nitrogen and oxygen atoms in total. The molecule has 1 amide bonds. The first kappa shape index (κ1) is 21.1. The summed E-state index contributed by atoms with van der Waals surface area (Å²) in [5.74, 6) is 2.45. The minimum absolute atomic E-state index is 0.142. The van der Waals surface area contributed by atoms with Gasteiger partial charge in [-0.2, -0.15) is 0 Å². The van der Waals surface area contributed by atoms with E-state index >= 15 is 0 Å². The monoisotopic (exact) mass is 410 g/mol. The van der Waals surface area contributed by atoms with Gasteiger partial charge in [0.25, 0.3) is 0 Å². The van der Waals surface area contributed by atoms with Crippen molar-refractivity contribution in [3.63, 3.8) is 0 Å². The van der Waals surface area contributed by atoms with Crippen LogP contribution in [-0.2, 0) is 17.9 Å². The fourth-order valence-corrected chi connectivity index (χ4v) is 4.75. The van der Waals surface area contributed by atoms with E-state index in [4.69, 9.17) is 4.42 Å². The molecule has 0 atom stereocenters. The molecule has 2 aliphatic rings. The summed E-state index contributed by atoms with van der Waals surface area (Å²) in [5, 5.41) is 3.08. The maximum atomic E-state index is 12.5. The normalized spacial score (nSPS) is 19.8. The van der Waals surface area contributed by atoms with Gasteiger partial charge in [0.05, 0.1) is 6.54 Å². The van der Waals surface area contributed by atoms with Crippen molar-refractivity contribution >= 4 is 5.91 Å². The molecule has 4 heterocycles. The van der Waals surface area contributed by atoms with E-state index in [-0.39, 0.29) is 11.8 Å². The predicted octanol–water partition coefficient (Wildman–Crippen LogP) is 3.28. The van der Waals surface area contributed by atoms with Gasteiger partial charge in [0.1, 0.15) is 11.5 Å². The minimum atomic E-state index is 0.142. The van der Waals surface area contributed by atoms with E-state index in [2.05, 4.69) is 33.1 Å². The van der Waals surface area contributed by atoms with Gasteiger partial charge in [-0.3, -0.25) is 14.7 Å². The van der Waals surface area contributed by atoms with Gasteiger partial charge >= 0.3 is 0 Å². The molecular formula is C24H34N4O2. The van der Waals surface area contributed by atoms with Crippen LogP contribution in [0.1, 0.15) is 48.3 Å². The molecule has 0 aliphatic carbocycles. The van der Waals surface area contributed by atoms with Crippen LogP contribution in [-0.4, -0.2) is 52.9 Å². The highest BCUT2D eigenvalue weighted by Crippen LogP contribution is 2.25. The molecule has 2 aromatic heterocycles. The third-order valence-electron chi connectivity index (χ3n) is 6.76. The molecule has 0 spiro atoms. The topological polar surface area (TPSA) is 61.6 Å². The van der Waals surface area contributed by atoms with E-state index in [9.17, 15) is 4.79 Å². The lowest BCUT2D eigenvalue weighted by Gasteiger charge is -2.41. The summed E-state index contributed by atoms with van der Waals surface area (Å²) in [5.41, 5.74) is 2.29. The summed E-state index contributed by atoms with van der Waals surface area (Å²) in [7, 11) is 0. The van der Waals surface area contributed by atoms with Gasteiger partial charge in [0, 0.05) is 44.0 Å². The van der Waals surface area contributed by atoms with Crippen LogP contribution in [0.15, 0.2) is 35.0 Å². The lowest BCUT2D eigenvalue weighted by atomic mass is 9.92. The van der Waals surface area contributed by atoms with Crippen LogP contribution in [0, 0.1) is 19.8 Å². The van der Waals surface area contributed by atoms with Crippen LogP contribution in [0.3, 0.4) is 0 Å². The van der Waals surface area contributed by atoms with E-state index in [1.807, 2.05) is 25.3 Å². The van der Waals surface area contributed by atoms with E-state index in [1.165, 1.54) is 18.4 Å². The molecule has 6 heteroatoms. The maximum Gasteiger partial charge on any atom is 0.223 e. The second kappa shape index (κ2) is 9.75. The first-order chi connectivity index (χ1) is 14.6. The van der Waals surface area contributed by atoms with Crippen LogP contribution in [0.4, 0.5) is 0 Å². The predicted molar refractivity (Wildman–Crippen MR) is 117 cm³/mol. The highest BCUT2D eigenvalue weighted by Gasteiger charge is 2.30. The Morgan fingerprint density at radius 2 is 1.93 bits per heavy atom. The molecule has 2 saturated heterocycles. The Hall–Kier alpha value is -2.18. The number of nitrogens with one attached hydrogen (secondary N) is 1. The molecular weight excluding hydrogens is 376 g/mol. The number of nitrogens with zero attached hydrogens (tertiary/aromatic N) is 3. The molecule has 0 unspecified atom stereocenters. The Balaban J connectivity index is 1.17. The smallest absolute Gasteiger partial charge is 0.223 e. The molecule has 1 N–H and O–H groups in total. The van der Waals surface area contributed by atoms with Crippen molar-refractivity contribution in [3.05, 3.63) is 53.2 Å². The van der Waals surface area contributed by atoms with E-state index in [0.29, 0.717) is 12.6 Å². The molecule has 0 saturated carbocycles. The SMILES string of the molecule is Cc1cc(CN2CCC(N3CCC(C(=O)NCc4cccnc4)CC3)CC2)oc1C. The zero-order valence-electron chi connectivity index (χ0n) is 18.3. The zero-order valence-corrected chi connectivity index (χ0v) is 18.3. The number of carbonyl (C=O) groups excluding carboxylic acids is 1. The average molecular weight is 411 g/mol. The van der Waals surface area contributed by atoms with Crippen LogP contribution < -0.4 is 5.32 Å². The fraction of sp³-hybridized carbons (Fsp3) is 0.583. The Kier molecular flexibility index (Phi) is 6.85. The number of furan rings is 1. The third-order valence-corrected chi connectivity index (χ3v) is 6.76. The first-order valence-electron chi connectivity index (χ1n) is 11.3. The van der Waals surface area contributed by atoms with Crippen molar-refractivity contribution in [2.75, 3.05) is 26.2 Å². The highest BCUT2D eigenvalue weighted by atomic mass is 16.3. The van der Waals surface area contributed by atoms with Gasteiger partial charge in [0.15, 0.2) is 0 Å². The van der Waals surface area contributed by atoms with E-state index < -0.39 is 0 Å².